The van der Waals surface area contributed by atoms with E-state index in [4.69, 9.17) is 0 Å². The number of nitrogens with one attached hydrogen (secondary N) is 1. The van der Waals surface area contributed by atoms with Crippen LogP contribution in [0.4, 0.5) is 0 Å². The number of rotatable bonds is 7. The van der Waals surface area contributed by atoms with E-state index >= 15 is 0 Å². The molecule has 0 aromatic heterocycles. The summed E-state index contributed by atoms with van der Waals surface area (Å²) in [5.74, 6) is 0. The lowest BCUT2D eigenvalue weighted by Crippen LogP contribution is -2.16. The predicted molar refractivity (Wildman–Crippen MR) is 50.8 cm³/mol. The molecular formula is C8H18BrN. The van der Waals surface area contributed by atoms with Crippen molar-refractivity contribution < 1.29 is 0 Å². The Kier molecular flexibility index (Phi) is 9.86. The second-order valence-electron chi connectivity index (χ2n) is 2.50. The van der Waals surface area contributed by atoms with Crippen molar-refractivity contribution in [2.75, 3.05) is 18.4 Å². The molecule has 0 rings (SSSR count). The topological polar surface area (TPSA) is 12.0 Å². The van der Waals surface area contributed by atoms with E-state index in [1.165, 1.54) is 32.2 Å². The van der Waals surface area contributed by atoms with Crippen molar-refractivity contribution in [3.63, 3.8) is 0 Å². The molecule has 0 atom stereocenters. The molecule has 0 spiro atoms. The fraction of sp³-hybridized carbons (Fsp3) is 1.00. The van der Waals surface area contributed by atoms with Gasteiger partial charge in [0.2, 0.25) is 0 Å². The molecule has 0 heterocycles. The van der Waals surface area contributed by atoms with Crippen molar-refractivity contribution in [2.24, 2.45) is 0 Å². The Labute approximate surface area is 72.7 Å². The zero-order valence-electron chi connectivity index (χ0n) is 6.83. The minimum atomic E-state index is 1.12. The summed E-state index contributed by atoms with van der Waals surface area (Å²) in [6.07, 6.45) is 5.26. The van der Waals surface area contributed by atoms with Crippen LogP contribution in [0, 0.1) is 0 Å². The zero-order valence-corrected chi connectivity index (χ0v) is 8.41. The van der Waals surface area contributed by atoms with Crippen LogP contribution in [-0.2, 0) is 0 Å². The third kappa shape index (κ3) is 8.44. The van der Waals surface area contributed by atoms with Crippen molar-refractivity contribution in [2.45, 2.75) is 32.6 Å². The van der Waals surface area contributed by atoms with Gasteiger partial charge in [0.25, 0.3) is 0 Å². The van der Waals surface area contributed by atoms with Crippen molar-refractivity contribution in [1.29, 1.82) is 0 Å². The van der Waals surface area contributed by atoms with Crippen molar-refractivity contribution in [3.8, 4) is 0 Å². The number of hydrogen-bond donors (Lipinski definition) is 1. The summed E-state index contributed by atoms with van der Waals surface area (Å²) < 4.78 is 0. The maximum Gasteiger partial charge on any atom is 0.00433 e. The first-order chi connectivity index (χ1) is 4.91. The van der Waals surface area contributed by atoms with Gasteiger partial charge < -0.3 is 5.32 Å². The molecule has 0 aromatic rings. The minimum Gasteiger partial charge on any atom is -0.317 e. The number of unbranched alkanes of at least 4 members (excludes halogenated alkanes) is 2. The summed E-state index contributed by atoms with van der Waals surface area (Å²) in [4.78, 5) is 0. The van der Waals surface area contributed by atoms with Gasteiger partial charge in [-0.05, 0) is 25.9 Å². The highest BCUT2D eigenvalue weighted by atomic mass is 79.9. The van der Waals surface area contributed by atoms with Gasteiger partial charge in [-0.2, -0.15) is 0 Å². The lowest BCUT2D eigenvalue weighted by Gasteiger charge is -2.00. The zero-order chi connectivity index (χ0) is 7.66. The highest BCUT2D eigenvalue weighted by Gasteiger charge is 1.85. The van der Waals surface area contributed by atoms with E-state index in [2.05, 4.69) is 28.2 Å². The summed E-state index contributed by atoms with van der Waals surface area (Å²) in [6, 6.07) is 0. The van der Waals surface area contributed by atoms with Crippen molar-refractivity contribution in [3.05, 3.63) is 0 Å². The molecule has 1 nitrogen and oxygen atoms in total. The summed E-state index contributed by atoms with van der Waals surface area (Å²) in [5.41, 5.74) is 0. The maximum absolute atomic E-state index is 3.39. The fourth-order valence-electron chi connectivity index (χ4n) is 0.817. The summed E-state index contributed by atoms with van der Waals surface area (Å²) in [5, 5.41) is 4.51. The van der Waals surface area contributed by atoms with Gasteiger partial charge in [-0.1, -0.05) is 35.7 Å². The maximum atomic E-state index is 3.39. The monoisotopic (exact) mass is 207 g/mol. The van der Waals surface area contributed by atoms with Gasteiger partial charge in [0.1, 0.15) is 0 Å². The second kappa shape index (κ2) is 9.44. The second-order valence-corrected chi connectivity index (χ2v) is 3.29. The van der Waals surface area contributed by atoms with Crippen LogP contribution in [0.15, 0.2) is 0 Å². The summed E-state index contributed by atoms with van der Waals surface area (Å²) in [7, 11) is 0. The molecule has 0 bridgehead atoms. The Morgan fingerprint density at radius 1 is 1.10 bits per heavy atom. The molecule has 0 aromatic carbocycles. The van der Waals surface area contributed by atoms with E-state index in [1.54, 1.807) is 0 Å². The largest absolute Gasteiger partial charge is 0.317 e. The van der Waals surface area contributed by atoms with Gasteiger partial charge >= 0.3 is 0 Å². The van der Waals surface area contributed by atoms with E-state index in [0.29, 0.717) is 0 Å². The third-order valence-electron chi connectivity index (χ3n) is 1.44. The molecule has 0 aliphatic rings. The smallest absolute Gasteiger partial charge is 0.00433 e. The fourth-order valence-corrected chi connectivity index (χ4v) is 1.10. The van der Waals surface area contributed by atoms with Gasteiger partial charge in [-0.3, -0.25) is 0 Å². The van der Waals surface area contributed by atoms with Crippen molar-refractivity contribution >= 4 is 15.9 Å². The average molecular weight is 208 g/mol. The first-order valence-electron chi connectivity index (χ1n) is 4.18. The third-order valence-corrected chi connectivity index (χ3v) is 2.01. The molecule has 0 aliphatic carbocycles. The number of halogens is 1. The molecule has 0 unspecified atom stereocenters. The Morgan fingerprint density at radius 3 is 2.40 bits per heavy atom. The lowest BCUT2D eigenvalue weighted by molar-refractivity contribution is 0.613. The Bertz CT molecular complexity index is 49.2. The van der Waals surface area contributed by atoms with E-state index in [-0.39, 0.29) is 0 Å². The molecular weight excluding hydrogens is 190 g/mol. The summed E-state index contributed by atoms with van der Waals surface area (Å²) in [6.45, 7) is 4.59. The van der Waals surface area contributed by atoms with Crippen LogP contribution in [0.1, 0.15) is 32.6 Å². The van der Waals surface area contributed by atoms with Gasteiger partial charge in [0, 0.05) is 5.33 Å². The SMILES string of the molecule is CCCCCNCCCBr. The van der Waals surface area contributed by atoms with Gasteiger partial charge in [-0.25, -0.2) is 0 Å². The van der Waals surface area contributed by atoms with Crippen LogP contribution in [0.3, 0.4) is 0 Å². The van der Waals surface area contributed by atoms with Crippen LogP contribution in [0.25, 0.3) is 0 Å². The summed E-state index contributed by atoms with van der Waals surface area (Å²) >= 11 is 3.39. The first kappa shape index (κ1) is 10.4. The van der Waals surface area contributed by atoms with E-state index in [0.717, 1.165) is 11.9 Å². The molecule has 0 saturated heterocycles. The van der Waals surface area contributed by atoms with E-state index < -0.39 is 0 Å². The molecule has 1 N–H and O–H groups in total. The molecule has 62 valence electrons. The Hall–Kier alpha value is 0.440. The quantitative estimate of drug-likeness (QED) is 0.500. The average Bonchev–Trinajstić information content (AvgIpc) is 1.97. The van der Waals surface area contributed by atoms with E-state index in [9.17, 15) is 0 Å². The molecule has 0 aliphatic heterocycles. The Balaban J connectivity index is 2.65. The minimum absolute atomic E-state index is 1.12. The molecule has 0 fully saturated rings. The highest BCUT2D eigenvalue weighted by molar-refractivity contribution is 9.09. The van der Waals surface area contributed by atoms with Crippen LogP contribution in [0.2, 0.25) is 0 Å². The van der Waals surface area contributed by atoms with Crippen molar-refractivity contribution in [1.82, 2.24) is 5.32 Å². The van der Waals surface area contributed by atoms with Crippen LogP contribution in [-0.4, -0.2) is 18.4 Å². The van der Waals surface area contributed by atoms with Gasteiger partial charge in [-0.15, -0.1) is 0 Å². The Morgan fingerprint density at radius 2 is 1.80 bits per heavy atom. The highest BCUT2D eigenvalue weighted by Crippen LogP contribution is 1.91. The van der Waals surface area contributed by atoms with Gasteiger partial charge in [0.15, 0.2) is 0 Å². The number of alkyl halides is 1. The van der Waals surface area contributed by atoms with Crippen LogP contribution in [0.5, 0.6) is 0 Å². The van der Waals surface area contributed by atoms with Gasteiger partial charge in [0.05, 0.1) is 0 Å². The van der Waals surface area contributed by atoms with Crippen LogP contribution >= 0.6 is 15.9 Å². The molecule has 0 saturated carbocycles. The normalized spacial score (nSPS) is 10.2. The molecule has 0 amide bonds. The van der Waals surface area contributed by atoms with Crippen LogP contribution < -0.4 is 5.32 Å². The standard InChI is InChI=1S/C8H18BrN/c1-2-3-4-7-10-8-5-6-9/h10H,2-8H2,1H3. The number of hydrogen-bond acceptors (Lipinski definition) is 1. The molecule has 10 heavy (non-hydrogen) atoms. The van der Waals surface area contributed by atoms with E-state index in [1.807, 2.05) is 0 Å². The molecule has 2 heteroatoms. The molecule has 0 radical (unpaired) electrons. The first-order valence-corrected chi connectivity index (χ1v) is 5.30. The lowest BCUT2D eigenvalue weighted by atomic mass is 10.2. The predicted octanol–water partition coefficient (Wildman–Crippen LogP) is 2.55.